The summed E-state index contributed by atoms with van der Waals surface area (Å²) in [5.74, 6) is -0.493. The number of carbonyl (C=O) groups is 1. The molecular weight excluding hydrogens is 267 g/mol. The van der Waals surface area contributed by atoms with Gasteiger partial charge in [0, 0.05) is 23.6 Å². The van der Waals surface area contributed by atoms with Crippen LogP contribution in [0, 0.1) is 12.7 Å². The average molecular weight is 282 g/mol. The minimum Gasteiger partial charge on any atom is -0.360 e. The van der Waals surface area contributed by atoms with Crippen molar-refractivity contribution in [2.24, 2.45) is 0 Å². The van der Waals surface area contributed by atoms with E-state index in [4.69, 9.17) is 0 Å². The van der Waals surface area contributed by atoms with E-state index in [1.54, 1.807) is 12.3 Å². The third-order valence-corrected chi connectivity index (χ3v) is 3.59. The van der Waals surface area contributed by atoms with Crippen LogP contribution in [0.25, 0.3) is 10.9 Å². The molecule has 2 aromatic carbocycles. The molecule has 0 radical (unpaired) electrons. The molecule has 0 saturated heterocycles. The van der Waals surface area contributed by atoms with Crippen molar-refractivity contribution in [3.63, 3.8) is 0 Å². The minimum absolute atomic E-state index is 0.170. The second kappa shape index (κ2) is 5.40. The van der Waals surface area contributed by atoms with Gasteiger partial charge in [0.25, 0.3) is 5.91 Å². The summed E-state index contributed by atoms with van der Waals surface area (Å²) in [4.78, 5) is 15.2. The molecular formula is C17H15FN2O. The Morgan fingerprint density at radius 2 is 2.05 bits per heavy atom. The van der Waals surface area contributed by atoms with E-state index >= 15 is 0 Å². The Balaban J connectivity index is 1.80. The molecule has 4 heteroatoms. The molecule has 0 aliphatic carbocycles. The number of carbonyl (C=O) groups excluding carboxylic acids is 1. The SMILES string of the molecule is Cc1ccccc1CNC(=O)c1c[nH]c2cc(F)ccc12. The van der Waals surface area contributed by atoms with Crippen molar-refractivity contribution in [2.45, 2.75) is 13.5 Å². The van der Waals surface area contributed by atoms with E-state index in [-0.39, 0.29) is 11.7 Å². The highest BCUT2D eigenvalue weighted by molar-refractivity contribution is 6.06. The number of hydrogen-bond donors (Lipinski definition) is 2. The van der Waals surface area contributed by atoms with E-state index in [2.05, 4.69) is 10.3 Å². The van der Waals surface area contributed by atoms with Crippen LogP contribution in [-0.4, -0.2) is 10.9 Å². The van der Waals surface area contributed by atoms with Gasteiger partial charge in [0.1, 0.15) is 5.82 Å². The van der Waals surface area contributed by atoms with Gasteiger partial charge < -0.3 is 10.3 Å². The molecule has 1 amide bonds. The Bertz CT molecular complexity index is 807. The molecule has 21 heavy (non-hydrogen) atoms. The number of benzene rings is 2. The van der Waals surface area contributed by atoms with E-state index < -0.39 is 0 Å². The first-order valence-electron chi connectivity index (χ1n) is 6.74. The van der Waals surface area contributed by atoms with Crippen LogP contribution < -0.4 is 5.32 Å². The van der Waals surface area contributed by atoms with Gasteiger partial charge in [-0.25, -0.2) is 4.39 Å². The number of aryl methyl sites for hydroxylation is 1. The Morgan fingerprint density at radius 3 is 2.86 bits per heavy atom. The van der Waals surface area contributed by atoms with Crippen LogP contribution in [0.1, 0.15) is 21.5 Å². The fraction of sp³-hybridized carbons (Fsp3) is 0.118. The fourth-order valence-corrected chi connectivity index (χ4v) is 2.37. The van der Waals surface area contributed by atoms with Crippen LogP contribution in [0.2, 0.25) is 0 Å². The first-order valence-corrected chi connectivity index (χ1v) is 6.74. The monoisotopic (exact) mass is 282 g/mol. The lowest BCUT2D eigenvalue weighted by atomic mass is 10.1. The largest absolute Gasteiger partial charge is 0.360 e. The zero-order chi connectivity index (χ0) is 14.8. The molecule has 3 rings (SSSR count). The summed E-state index contributed by atoms with van der Waals surface area (Å²) in [7, 11) is 0. The predicted octanol–water partition coefficient (Wildman–Crippen LogP) is 3.55. The highest BCUT2D eigenvalue weighted by Gasteiger charge is 2.12. The second-order valence-electron chi connectivity index (χ2n) is 5.00. The molecule has 0 aliphatic heterocycles. The molecule has 0 aliphatic rings. The molecule has 3 aromatic rings. The van der Waals surface area contributed by atoms with Crippen molar-refractivity contribution in [3.8, 4) is 0 Å². The summed E-state index contributed by atoms with van der Waals surface area (Å²) in [6.45, 7) is 2.48. The summed E-state index contributed by atoms with van der Waals surface area (Å²) in [5, 5.41) is 3.62. The minimum atomic E-state index is -0.323. The van der Waals surface area contributed by atoms with Gasteiger partial charge in [-0.3, -0.25) is 4.79 Å². The lowest BCUT2D eigenvalue weighted by Gasteiger charge is -2.07. The number of hydrogen-bond acceptors (Lipinski definition) is 1. The molecule has 0 spiro atoms. The van der Waals surface area contributed by atoms with Gasteiger partial charge in [0.05, 0.1) is 5.56 Å². The van der Waals surface area contributed by atoms with E-state index in [0.29, 0.717) is 17.6 Å². The smallest absolute Gasteiger partial charge is 0.253 e. The van der Waals surface area contributed by atoms with Crippen LogP contribution in [0.15, 0.2) is 48.7 Å². The molecule has 106 valence electrons. The fourth-order valence-electron chi connectivity index (χ4n) is 2.37. The zero-order valence-corrected chi connectivity index (χ0v) is 11.6. The first kappa shape index (κ1) is 13.4. The predicted molar refractivity (Wildman–Crippen MR) is 80.6 cm³/mol. The highest BCUT2D eigenvalue weighted by Crippen LogP contribution is 2.19. The number of aromatic nitrogens is 1. The van der Waals surface area contributed by atoms with Gasteiger partial charge in [-0.15, -0.1) is 0 Å². The standard InChI is InChI=1S/C17H15FN2O/c1-11-4-2-3-5-12(11)9-20-17(21)15-10-19-16-8-13(18)6-7-14(15)16/h2-8,10,19H,9H2,1H3,(H,20,21). The number of nitrogens with one attached hydrogen (secondary N) is 2. The molecule has 2 N–H and O–H groups in total. The van der Waals surface area contributed by atoms with Gasteiger partial charge in [-0.05, 0) is 36.2 Å². The van der Waals surface area contributed by atoms with E-state index in [0.717, 1.165) is 16.5 Å². The number of halogens is 1. The molecule has 0 fully saturated rings. The summed E-state index contributed by atoms with van der Waals surface area (Å²) in [6, 6.07) is 12.3. The number of H-pyrrole nitrogens is 1. The number of fused-ring (bicyclic) bond motifs is 1. The van der Waals surface area contributed by atoms with Crippen molar-refractivity contribution in [3.05, 3.63) is 71.2 Å². The van der Waals surface area contributed by atoms with Crippen molar-refractivity contribution in [2.75, 3.05) is 0 Å². The van der Waals surface area contributed by atoms with Crippen LogP contribution in [0.3, 0.4) is 0 Å². The summed E-state index contributed by atoms with van der Waals surface area (Å²) < 4.78 is 13.1. The normalized spacial score (nSPS) is 10.8. The maximum Gasteiger partial charge on any atom is 0.253 e. The average Bonchev–Trinajstić information content (AvgIpc) is 2.89. The van der Waals surface area contributed by atoms with Crippen molar-refractivity contribution in [1.29, 1.82) is 0 Å². The Labute approximate surface area is 121 Å². The number of amides is 1. The molecule has 0 atom stereocenters. The van der Waals surface area contributed by atoms with E-state index in [1.807, 2.05) is 31.2 Å². The lowest BCUT2D eigenvalue weighted by Crippen LogP contribution is -2.22. The Kier molecular flexibility index (Phi) is 3.44. The molecule has 0 unspecified atom stereocenters. The van der Waals surface area contributed by atoms with Crippen molar-refractivity contribution in [1.82, 2.24) is 10.3 Å². The van der Waals surface area contributed by atoms with Gasteiger partial charge >= 0.3 is 0 Å². The number of rotatable bonds is 3. The van der Waals surface area contributed by atoms with Crippen molar-refractivity contribution >= 4 is 16.8 Å². The third-order valence-electron chi connectivity index (χ3n) is 3.59. The summed E-state index contributed by atoms with van der Waals surface area (Å²) in [5.41, 5.74) is 3.37. The van der Waals surface area contributed by atoms with Gasteiger partial charge in [-0.1, -0.05) is 24.3 Å². The highest BCUT2D eigenvalue weighted by atomic mass is 19.1. The zero-order valence-electron chi connectivity index (χ0n) is 11.6. The Morgan fingerprint density at radius 1 is 1.24 bits per heavy atom. The molecule has 1 aromatic heterocycles. The second-order valence-corrected chi connectivity index (χ2v) is 5.00. The quantitative estimate of drug-likeness (QED) is 0.758. The van der Waals surface area contributed by atoms with E-state index in [1.165, 1.54) is 12.1 Å². The van der Waals surface area contributed by atoms with Crippen LogP contribution >= 0.6 is 0 Å². The molecule has 1 heterocycles. The van der Waals surface area contributed by atoms with Crippen LogP contribution in [0.4, 0.5) is 4.39 Å². The van der Waals surface area contributed by atoms with Gasteiger partial charge in [0.2, 0.25) is 0 Å². The Hall–Kier alpha value is -2.62. The van der Waals surface area contributed by atoms with Crippen LogP contribution in [-0.2, 0) is 6.54 Å². The maximum absolute atomic E-state index is 13.1. The van der Waals surface area contributed by atoms with Crippen molar-refractivity contribution < 1.29 is 9.18 Å². The molecule has 3 nitrogen and oxygen atoms in total. The topological polar surface area (TPSA) is 44.9 Å². The number of aromatic amines is 1. The van der Waals surface area contributed by atoms with Gasteiger partial charge in [0.15, 0.2) is 0 Å². The summed E-state index contributed by atoms with van der Waals surface area (Å²) >= 11 is 0. The van der Waals surface area contributed by atoms with Gasteiger partial charge in [-0.2, -0.15) is 0 Å². The lowest BCUT2D eigenvalue weighted by molar-refractivity contribution is 0.0952. The molecule has 0 bridgehead atoms. The summed E-state index contributed by atoms with van der Waals surface area (Å²) in [6.07, 6.45) is 1.61. The third kappa shape index (κ3) is 2.65. The maximum atomic E-state index is 13.1. The molecule has 0 saturated carbocycles. The van der Waals surface area contributed by atoms with E-state index in [9.17, 15) is 9.18 Å². The van der Waals surface area contributed by atoms with Crippen LogP contribution in [0.5, 0.6) is 0 Å². The first-order chi connectivity index (χ1) is 10.1.